The molecule has 0 radical (unpaired) electrons. The van der Waals surface area contributed by atoms with Crippen molar-refractivity contribution in [3.63, 3.8) is 0 Å². The van der Waals surface area contributed by atoms with E-state index < -0.39 is 0 Å². The van der Waals surface area contributed by atoms with Gasteiger partial charge < -0.3 is 9.84 Å². The molecule has 1 aliphatic rings. The van der Waals surface area contributed by atoms with E-state index in [1.165, 1.54) is 0 Å². The van der Waals surface area contributed by atoms with Crippen LogP contribution in [0.3, 0.4) is 0 Å². The Morgan fingerprint density at radius 3 is 3.00 bits per heavy atom. The molecule has 17 heavy (non-hydrogen) atoms. The van der Waals surface area contributed by atoms with Gasteiger partial charge in [-0.2, -0.15) is 4.98 Å². The van der Waals surface area contributed by atoms with Gasteiger partial charge in [-0.3, -0.25) is 4.99 Å². The van der Waals surface area contributed by atoms with Crippen molar-refractivity contribution in [3.05, 3.63) is 11.7 Å². The van der Waals surface area contributed by atoms with E-state index in [0.717, 1.165) is 23.2 Å². The molecular weight excluding hydrogens is 236 g/mol. The molecule has 1 aromatic rings. The van der Waals surface area contributed by atoms with Gasteiger partial charge in [0.25, 0.3) is 0 Å². The fourth-order valence-corrected chi connectivity index (χ4v) is 2.78. The molecule has 1 unspecified atom stereocenters. The first-order valence-electron chi connectivity index (χ1n) is 5.88. The number of hydrogen-bond donors (Lipinski definition) is 1. The first-order chi connectivity index (χ1) is 8.15. The number of aliphatic imine (C=N–C) groups is 1. The predicted octanol–water partition coefficient (Wildman–Crippen LogP) is 1.64. The van der Waals surface area contributed by atoms with Crippen molar-refractivity contribution in [1.29, 1.82) is 0 Å². The molecule has 1 aromatic heterocycles. The average Bonchev–Trinajstić information content (AvgIpc) is 2.88. The second kappa shape index (κ2) is 5.53. The Morgan fingerprint density at radius 2 is 2.41 bits per heavy atom. The smallest absolute Gasteiger partial charge is 0.223 e. The van der Waals surface area contributed by atoms with E-state index >= 15 is 0 Å². The van der Waals surface area contributed by atoms with Gasteiger partial charge in [0, 0.05) is 31.7 Å². The van der Waals surface area contributed by atoms with Gasteiger partial charge in [0.05, 0.1) is 0 Å². The molecule has 0 bridgehead atoms. The number of aromatic nitrogens is 2. The van der Waals surface area contributed by atoms with Crippen molar-refractivity contribution in [1.82, 2.24) is 15.5 Å². The van der Waals surface area contributed by atoms with E-state index in [9.17, 15) is 0 Å². The van der Waals surface area contributed by atoms with E-state index in [1.54, 1.807) is 18.7 Å². The minimum absolute atomic E-state index is 0.547. The number of amidine groups is 1. The molecule has 1 saturated heterocycles. The summed E-state index contributed by atoms with van der Waals surface area (Å²) >= 11 is 1.79. The van der Waals surface area contributed by atoms with Crippen molar-refractivity contribution < 1.29 is 4.52 Å². The molecule has 0 saturated carbocycles. The van der Waals surface area contributed by atoms with E-state index in [1.807, 2.05) is 0 Å². The fraction of sp³-hybridized carbons (Fsp3) is 0.727. The maximum Gasteiger partial charge on any atom is 0.223 e. The lowest BCUT2D eigenvalue weighted by Gasteiger charge is -2.12. The predicted molar refractivity (Wildman–Crippen MR) is 69.3 cm³/mol. The van der Waals surface area contributed by atoms with Crippen LogP contribution in [0.4, 0.5) is 0 Å². The van der Waals surface area contributed by atoms with Crippen molar-refractivity contribution in [2.24, 2.45) is 10.9 Å². The molecule has 1 aliphatic heterocycles. The highest BCUT2D eigenvalue weighted by Crippen LogP contribution is 2.18. The van der Waals surface area contributed by atoms with Crippen molar-refractivity contribution in [3.8, 4) is 0 Å². The van der Waals surface area contributed by atoms with Crippen LogP contribution < -0.4 is 5.32 Å². The number of aryl methyl sites for hydroxylation is 1. The van der Waals surface area contributed by atoms with Gasteiger partial charge in [0.2, 0.25) is 5.89 Å². The molecule has 2 heterocycles. The number of thioether (sulfide) groups is 1. The lowest BCUT2D eigenvalue weighted by atomic mass is 10.1. The van der Waals surface area contributed by atoms with Gasteiger partial charge in [-0.05, 0) is 5.92 Å². The molecule has 0 aliphatic carbocycles. The van der Waals surface area contributed by atoms with Gasteiger partial charge >= 0.3 is 0 Å². The molecule has 0 aromatic carbocycles. The second-order valence-corrected chi connectivity index (χ2v) is 5.48. The first-order valence-corrected chi connectivity index (χ1v) is 6.86. The minimum Gasteiger partial charge on any atom is -0.361 e. The van der Waals surface area contributed by atoms with Gasteiger partial charge in [0.15, 0.2) is 11.0 Å². The summed E-state index contributed by atoms with van der Waals surface area (Å²) < 4.78 is 4.91. The van der Waals surface area contributed by atoms with Crippen LogP contribution in [0.2, 0.25) is 0 Å². The van der Waals surface area contributed by atoms with Crippen LogP contribution in [0.15, 0.2) is 9.52 Å². The standard InChI is InChI=1S/C11H18N4OS/c1-7(2)9-6-17-11(14-9)12-5-4-10-13-8(3)16-15-10/h7,9H,4-6H2,1-3H3,(H,12,14). The molecule has 5 nitrogen and oxygen atoms in total. The van der Waals surface area contributed by atoms with E-state index in [4.69, 9.17) is 4.52 Å². The highest BCUT2D eigenvalue weighted by atomic mass is 32.2. The zero-order chi connectivity index (χ0) is 12.3. The Balaban J connectivity index is 1.78. The number of rotatable bonds is 4. The summed E-state index contributed by atoms with van der Waals surface area (Å²) in [4.78, 5) is 8.65. The van der Waals surface area contributed by atoms with Gasteiger partial charge in [0.1, 0.15) is 0 Å². The highest BCUT2D eigenvalue weighted by Gasteiger charge is 2.22. The normalized spacial score (nSPS) is 22.4. The van der Waals surface area contributed by atoms with E-state index in [0.29, 0.717) is 24.4 Å². The first kappa shape index (κ1) is 12.4. The Kier molecular flexibility index (Phi) is 4.04. The van der Waals surface area contributed by atoms with Crippen LogP contribution in [0.1, 0.15) is 25.6 Å². The Labute approximate surface area is 105 Å². The minimum atomic E-state index is 0.547. The quantitative estimate of drug-likeness (QED) is 0.885. The molecule has 1 fully saturated rings. The molecule has 0 amide bonds. The third-order valence-electron chi connectivity index (χ3n) is 2.67. The molecular formula is C11H18N4OS. The van der Waals surface area contributed by atoms with Crippen LogP contribution in [-0.4, -0.2) is 33.6 Å². The molecule has 6 heteroatoms. The zero-order valence-electron chi connectivity index (χ0n) is 10.4. The number of hydrogen-bond acceptors (Lipinski definition) is 5. The number of nitrogens with zero attached hydrogens (tertiary/aromatic N) is 3. The second-order valence-electron chi connectivity index (χ2n) is 4.47. The molecule has 1 N–H and O–H groups in total. The van der Waals surface area contributed by atoms with Crippen molar-refractivity contribution >= 4 is 16.9 Å². The topological polar surface area (TPSA) is 63.3 Å². The lowest BCUT2D eigenvalue weighted by Crippen LogP contribution is -2.31. The zero-order valence-corrected chi connectivity index (χ0v) is 11.3. The SMILES string of the molecule is Cc1nc(CCN=C2NC(C(C)C)CS2)no1. The van der Waals surface area contributed by atoms with Crippen LogP contribution in [-0.2, 0) is 6.42 Å². The monoisotopic (exact) mass is 254 g/mol. The summed E-state index contributed by atoms with van der Waals surface area (Å²) in [6.07, 6.45) is 0.732. The summed E-state index contributed by atoms with van der Waals surface area (Å²) in [5.74, 6) is 3.10. The Bertz CT molecular complexity index is 402. The summed E-state index contributed by atoms with van der Waals surface area (Å²) in [7, 11) is 0. The summed E-state index contributed by atoms with van der Waals surface area (Å²) in [6, 6.07) is 0.547. The van der Waals surface area contributed by atoms with Crippen LogP contribution in [0.25, 0.3) is 0 Å². The van der Waals surface area contributed by atoms with Crippen LogP contribution >= 0.6 is 11.8 Å². The largest absolute Gasteiger partial charge is 0.361 e. The highest BCUT2D eigenvalue weighted by molar-refractivity contribution is 8.14. The Hall–Kier alpha value is -1.04. The van der Waals surface area contributed by atoms with E-state index in [2.05, 4.69) is 34.3 Å². The van der Waals surface area contributed by atoms with Gasteiger partial charge in [-0.15, -0.1) is 0 Å². The lowest BCUT2D eigenvalue weighted by molar-refractivity contribution is 0.387. The maximum absolute atomic E-state index is 4.91. The van der Waals surface area contributed by atoms with Crippen LogP contribution in [0.5, 0.6) is 0 Å². The fourth-order valence-electron chi connectivity index (χ4n) is 1.56. The summed E-state index contributed by atoms with van der Waals surface area (Å²) in [5.41, 5.74) is 0. The Morgan fingerprint density at radius 1 is 1.59 bits per heavy atom. The summed E-state index contributed by atoms with van der Waals surface area (Å²) in [6.45, 7) is 6.95. The molecule has 94 valence electrons. The third-order valence-corrected chi connectivity index (χ3v) is 3.72. The van der Waals surface area contributed by atoms with Gasteiger partial charge in [-0.1, -0.05) is 30.8 Å². The summed E-state index contributed by atoms with van der Waals surface area (Å²) in [5, 5.41) is 8.32. The van der Waals surface area contributed by atoms with Gasteiger partial charge in [-0.25, -0.2) is 0 Å². The van der Waals surface area contributed by atoms with Crippen molar-refractivity contribution in [2.45, 2.75) is 33.2 Å². The number of nitrogens with one attached hydrogen (secondary N) is 1. The molecule has 0 spiro atoms. The molecule has 2 rings (SSSR count). The average molecular weight is 254 g/mol. The third kappa shape index (κ3) is 3.46. The maximum atomic E-state index is 4.91. The van der Waals surface area contributed by atoms with Crippen LogP contribution in [0, 0.1) is 12.8 Å². The van der Waals surface area contributed by atoms with E-state index in [-0.39, 0.29) is 0 Å². The molecule has 1 atom stereocenters. The van der Waals surface area contributed by atoms with Crippen molar-refractivity contribution in [2.75, 3.05) is 12.3 Å².